The van der Waals surface area contributed by atoms with E-state index in [1.807, 2.05) is 55.4 Å². The third-order valence-electron chi connectivity index (χ3n) is 16.3. The number of hydrogen-bond donors (Lipinski definition) is 5. The predicted octanol–water partition coefficient (Wildman–Crippen LogP) is 3.52. The van der Waals surface area contributed by atoms with Gasteiger partial charge in [0, 0.05) is 48.2 Å². The Balaban J connectivity index is 4.37. The summed E-state index contributed by atoms with van der Waals surface area (Å²) >= 11 is 0. The third kappa shape index (κ3) is 21.7. The molecule has 10 amide bonds. The van der Waals surface area contributed by atoms with Crippen LogP contribution in [0.1, 0.15) is 157 Å². The lowest BCUT2D eigenvalue weighted by Crippen LogP contribution is -2.64. The molecule has 0 aromatic rings. The largest absolute Gasteiger partial charge is 0.376 e. The SMILES string of the molecule is C/C=C/C[C@@H](C)C(=O)[C@H]1C(=O)N[C@@H](C(C)C)C(=O)N(C)CC(=O)N(C)[C@@H](CC(C)C)C(=O)N[C@@H](C(C)C)C(=O)N(C)[C@@H](CC(C)C)C(=O)N[C@@H](C)C(=O)N[C@H](C)C(=O)N(C)[C@@H](CC(C)C)C(=O)N(C)[C@@H](CC(C)C)C(=O)N(C)[C@@H](C(C)C)C(O)N1C. The summed E-state index contributed by atoms with van der Waals surface area (Å²) in [5.74, 6) is -10.3. The van der Waals surface area contributed by atoms with Gasteiger partial charge in [-0.15, -0.1) is 0 Å². The van der Waals surface area contributed by atoms with Gasteiger partial charge in [0.25, 0.3) is 0 Å². The number of Topliss-reactive ketones (excluding diaryl/α,β-unsaturated/α-hetero) is 1. The van der Waals surface area contributed by atoms with E-state index in [4.69, 9.17) is 0 Å². The maximum absolute atomic E-state index is 15.2. The van der Waals surface area contributed by atoms with E-state index >= 15 is 4.79 Å². The molecule has 1 aliphatic rings. The van der Waals surface area contributed by atoms with Gasteiger partial charge in [-0.25, -0.2) is 0 Å². The molecule has 1 fully saturated rings. The summed E-state index contributed by atoms with van der Waals surface area (Å²) in [6.45, 7) is 31.1. The summed E-state index contributed by atoms with van der Waals surface area (Å²) in [6.07, 6.45) is 2.71. The van der Waals surface area contributed by atoms with E-state index < -0.39 is 162 Å². The number of rotatable bonds is 15. The lowest BCUT2D eigenvalue weighted by Gasteiger charge is -2.43. The summed E-state index contributed by atoms with van der Waals surface area (Å²) in [6, 6.07) is -12.3. The van der Waals surface area contributed by atoms with Crippen LogP contribution in [0, 0.1) is 47.3 Å². The van der Waals surface area contributed by atoms with Gasteiger partial charge in [0.05, 0.1) is 12.6 Å². The van der Waals surface area contributed by atoms with E-state index in [-0.39, 0.29) is 55.8 Å². The first kappa shape index (κ1) is 78.0. The molecule has 12 atom stereocenters. The molecule has 0 bridgehead atoms. The van der Waals surface area contributed by atoms with Crippen molar-refractivity contribution < 1.29 is 57.8 Å². The summed E-state index contributed by atoms with van der Waals surface area (Å²) in [4.78, 5) is 169. The molecule has 5 N–H and O–H groups in total. The van der Waals surface area contributed by atoms with Crippen molar-refractivity contribution >= 4 is 64.9 Å². The summed E-state index contributed by atoms with van der Waals surface area (Å²) in [5, 5.41) is 23.6. The maximum Gasteiger partial charge on any atom is 0.245 e. The molecule has 0 radical (unpaired) electrons. The first-order chi connectivity index (χ1) is 39.6. The fourth-order valence-electron chi connectivity index (χ4n) is 10.8. The highest BCUT2D eigenvalue weighted by Gasteiger charge is 2.46. The molecular weight excluding hydrogens is 1100 g/mol. The molecule has 492 valence electrons. The number of nitrogens with zero attached hydrogens (tertiary/aromatic N) is 7. The molecule has 0 aromatic heterocycles. The molecule has 23 heteroatoms. The molecule has 0 aliphatic carbocycles. The third-order valence-corrected chi connectivity index (χ3v) is 16.3. The number of carbonyl (C=O) groups is 11. The first-order valence-electron chi connectivity index (χ1n) is 30.9. The lowest BCUT2D eigenvalue weighted by atomic mass is 9.92. The maximum atomic E-state index is 15.2. The molecule has 1 aliphatic heterocycles. The first-order valence-corrected chi connectivity index (χ1v) is 30.9. The van der Waals surface area contributed by atoms with Gasteiger partial charge >= 0.3 is 0 Å². The van der Waals surface area contributed by atoms with Crippen LogP contribution < -0.4 is 21.3 Å². The Bertz CT molecular complexity index is 2360. The second kappa shape index (κ2) is 35.1. The van der Waals surface area contributed by atoms with E-state index in [1.54, 1.807) is 67.5 Å². The van der Waals surface area contributed by atoms with Crippen molar-refractivity contribution in [3.63, 3.8) is 0 Å². The Morgan fingerprint density at radius 2 is 0.860 bits per heavy atom. The van der Waals surface area contributed by atoms with Crippen molar-refractivity contribution in [1.29, 1.82) is 0 Å². The Morgan fingerprint density at radius 3 is 1.30 bits per heavy atom. The van der Waals surface area contributed by atoms with Crippen molar-refractivity contribution in [1.82, 2.24) is 55.6 Å². The van der Waals surface area contributed by atoms with Gasteiger partial charge in [-0.05, 0) is 101 Å². The van der Waals surface area contributed by atoms with Gasteiger partial charge in [-0.1, -0.05) is 116 Å². The molecule has 0 aromatic carbocycles. The Kier molecular flexibility index (Phi) is 31.9. The molecule has 0 saturated carbocycles. The summed E-state index contributed by atoms with van der Waals surface area (Å²) in [5.41, 5.74) is 0. The number of aliphatic hydroxyl groups excluding tert-OH is 1. The van der Waals surface area contributed by atoms with Crippen LogP contribution in [0.2, 0.25) is 0 Å². The lowest BCUT2D eigenvalue weighted by molar-refractivity contribution is -0.158. The van der Waals surface area contributed by atoms with Crippen molar-refractivity contribution in [3.05, 3.63) is 12.2 Å². The minimum absolute atomic E-state index is 0.131. The highest BCUT2D eigenvalue weighted by molar-refractivity contribution is 6.07. The number of ketones is 1. The van der Waals surface area contributed by atoms with E-state index in [9.17, 15) is 53.1 Å². The van der Waals surface area contributed by atoms with E-state index in [2.05, 4.69) is 21.3 Å². The minimum atomic E-state index is -1.72. The van der Waals surface area contributed by atoms with Gasteiger partial charge in [-0.2, -0.15) is 0 Å². The minimum Gasteiger partial charge on any atom is -0.376 e. The second-order valence-electron chi connectivity index (χ2n) is 26.8. The number of nitrogens with one attached hydrogen (secondary N) is 4. The monoisotopic (exact) mass is 1220 g/mol. The molecule has 23 nitrogen and oxygen atoms in total. The summed E-state index contributed by atoms with van der Waals surface area (Å²) in [7, 11) is 10.0. The molecule has 1 unspecified atom stereocenters. The van der Waals surface area contributed by atoms with Crippen molar-refractivity contribution in [3.8, 4) is 0 Å². The van der Waals surface area contributed by atoms with Gasteiger partial charge in [0.1, 0.15) is 54.6 Å². The fraction of sp³-hybridized carbons (Fsp3) is 0.794. The Hall–Kier alpha value is -5.97. The number of amides is 10. The predicted molar refractivity (Wildman–Crippen MR) is 333 cm³/mol. The van der Waals surface area contributed by atoms with Crippen LogP contribution in [0.25, 0.3) is 0 Å². The number of likely N-dealkylation sites (N-methyl/N-ethyl adjacent to an activating group) is 7. The molecule has 86 heavy (non-hydrogen) atoms. The van der Waals surface area contributed by atoms with Crippen LogP contribution in [0.15, 0.2) is 12.2 Å². The van der Waals surface area contributed by atoms with Crippen LogP contribution in [0.5, 0.6) is 0 Å². The zero-order valence-electron chi connectivity index (χ0n) is 56.9. The average molecular weight is 1220 g/mol. The van der Waals surface area contributed by atoms with Gasteiger partial charge in [0.15, 0.2) is 11.8 Å². The van der Waals surface area contributed by atoms with E-state index in [0.29, 0.717) is 0 Å². The normalized spacial score (nSPS) is 27.4. The zero-order valence-corrected chi connectivity index (χ0v) is 56.9. The van der Waals surface area contributed by atoms with Gasteiger partial charge in [-0.3, -0.25) is 57.6 Å². The smallest absolute Gasteiger partial charge is 0.245 e. The molecule has 1 heterocycles. The van der Waals surface area contributed by atoms with E-state index in [0.717, 1.165) is 4.90 Å². The van der Waals surface area contributed by atoms with E-state index in [1.165, 1.54) is 92.6 Å². The van der Waals surface area contributed by atoms with Crippen molar-refractivity contribution in [2.75, 3.05) is 55.9 Å². The molecule has 1 rings (SSSR count). The highest BCUT2D eigenvalue weighted by Crippen LogP contribution is 2.26. The fourth-order valence-corrected chi connectivity index (χ4v) is 10.8. The Labute approximate surface area is 515 Å². The average Bonchev–Trinajstić information content (AvgIpc) is 2.16. The molecular formula is C63H113N11O12. The van der Waals surface area contributed by atoms with Gasteiger partial charge in [0.2, 0.25) is 59.1 Å². The second-order valence-corrected chi connectivity index (χ2v) is 26.8. The summed E-state index contributed by atoms with van der Waals surface area (Å²) < 4.78 is 0. The standard InChI is InChI=1S/C63H113N11O12/c1-26-27-28-41(16)53(76)52-57(80)67-49(38(10)11)61(84)68(19)33-48(75)69(20)44(29-34(2)3)56(79)66-50(39(12)13)62(85)70(21)45(30-35(4)5)55(78)64-42(17)54(77)65-43(18)58(81)71(22)46(31-36(6)7)59(82)72(23)47(32-37(8)9)60(83)73(24)51(40(14)15)63(86)74(52)25/h26-27,34-47,49-52,63,86H,28-33H2,1-25H3,(H,64,78)(H,65,77)(H,66,79)(H,67,80)/b27-26+/t41-,42+,43-,44+,45+,46+,47+,49+,50+,51+,52+,63?/m1/s1. The van der Waals surface area contributed by atoms with Crippen LogP contribution in [0.4, 0.5) is 0 Å². The number of allylic oxidation sites excluding steroid dienone is 2. The highest BCUT2D eigenvalue weighted by atomic mass is 16.3. The van der Waals surface area contributed by atoms with Crippen molar-refractivity contribution in [2.24, 2.45) is 47.3 Å². The molecule has 1 saturated heterocycles. The van der Waals surface area contributed by atoms with Crippen LogP contribution >= 0.6 is 0 Å². The zero-order chi connectivity index (χ0) is 66.8. The van der Waals surface area contributed by atoms with Gasteiger partial charge < -0.3 is 55.8 Å². The van der Waals surface area contributed by atoms with Crippen LogP contribution in [-0.2, 0) is 52.7 Å². The van der Waals surface area contributed by atoms with Crippen LogP contribution in [-0.4, -0.2) is 227 Å². The van der Waals surface area contributed by atoms with Crippen molar-refractivity contribution in [2.45, 2.75) is 223 Å². The number of carbonyl (C=O) groups excluding carboxylic acids is 11. The topological polar surface area (TPSA) is 279 Å². The molecule has 0 spiro atoms. The number of hydrogen-bond acceptors (Lipinski definition) is 13. The quantitative estimate of drug-likeness (QED) is 0.116. The Morgan fingerprint density at radius 1 is 0.477 bits per heavy atom. The van der Waals surface area contributed by atoms with Crippen LogP contribution in [0.3, 0.4) is 0 Å². The number of aliphatic hydroxyl groups is 1.